The number of nitrogens with zero attached hydrogens (tertiary/aromatic N) is 3. The van der Waals surface area contributed by atoms with Crippen molar-refractivity contribution >= 4 is 43.7 Å². The van der Waals surface area contributed by atoms with Crippen LogP contribution < -0.4 is 3.71 Å². The molecule has 2 aliphatic heterocycles. The van der Waals surface area contributed by atoms with E-state index in [-0.39, 0.29) is 18.4 Å². The lowest BCUT2D eigenvalue weighted by Crippen LogP contribution is -2.44. The van der Waals surface area contributed by atoms with Gasteiger partial charge in [-0.15, -0.1) is 0 Å². The third-order valence-electron chi connectivity index (χ3n) is 5.21. The number of rotatable bonds is 3. The Morgan fingerprint density at radius 1 is 0.841 bits per heavy atom. The number of ether oxygens (including phenoxy) is 2. The number of alkyl halides is 3. The van der Waals surface area contributed by atoms with Crippen molar-refractivity contribution in [3.63, 3.8) is 0 Å². The predicted molar refractivity (Wildman–Crippen MR) is 158 cm³/mol. The number of para-hydroxylation sites is 1. The summed E-state index contributed by atoms with van der Waals surface area (Å²) in [6, 6.07) is 5.75. The van der Waals surface area contributed by atoms with Crippen molar-refractivity contribution in [2.24, 2.45) is 0 Å². The van der Waals surface area contributed by atoms with E-state index in [1.165, 1.54) is 28.7 Å². The summed E-state index contributed by atoms with van der Waals surface area (Å²) in [6.07, 6.45) is 2.27. The van der Waals surface area contributed by atoms with E-state index in [9.17, 15) is 44.4 Å². The Balaban J connectivity index is 0.000000337. The van der Waals surface area contributed by atoms with E-state index in [0.29, 0.717) is 32.3 Å². The first kappa shape index (κ1) is 38.7. The Kier molecular flexibility index (Phi) is 12.9. The van der Waals surface area contributed by atoms with Crippen LogP contribution >= 0.6 is 0 Å². The number of amides is 2. The van der Waals surface area contributed by atoms with Crippen LogP contribution in [0.1, 0.15) is 54.9 Å². The van der Waals surface area contributed by atoms with Crippen LogP contribution in [0.2, 0.25) is 0 Å². The van der Waals surface area contributed by atoms with E-state index >= 15 is 0 Å². The number of anilines is 1. The van der Waals surface area contributed by atoms with Crippen LogP contribution in [0.3, 0.4) is 0 Å². The molecule has 17 heteroatoms. The van der Waals surface area contributed by atoms with Gasteiger partial charge in [-0.3, -0.25) is 4.79 Å². The number of hydrogen-bond donors (Lipinski definition) is 0. The molecule has 0 aromatic heterocycles. The highest BCUT2D eigenvalue weighted by molar-refractivity contribution is 8.10. The molecule has 2 heterocycles. The minimum atomic E-state index is -6.00. The largest absolute Gasteiger partial charge is 0.517 e. The molecule has 2 amide bonds. The third kappa shape index (κ3) is 12.7. The van der Waals surface area contributed by atoms with Crippen molar-refractivity contribution in [1.82, 2.24) is 9.80 Å². The Bertz CT molecular complexity index is 1420. The number of halogens is 3. The van der Waals surface area contributed by atoms with Gasteiger partial charge in [0, 0.05) is 26.1 Å². The number of likely N-dealkylation sites (tertiary alicyclic amines) is 1. The van der Waals surface area contributed by atoms with E-state index in [2.05, 4.69) is 0 Å². The van der Waals surface area contributed by atoms with E-state index < -0.39 is 52.2 Å². The van der Waals surface area contributed by atoms with Crippen LogP contribution in [0.5, 0.6) is 0 Å². The Labute approximate surface area is 256 Å². The zero-order valence-electron chi connectivity index (χ0n) is 26.0. The molecule has 12 nitrogen and oxygen atoms in total. The standard InChI is InChI=1S/C10H17NO2.C9H15NO3.C8H8F3NO4S2/c1-8-5-6-11(7-8)9(12)13-10(2,3)4;1-9(2,3)13-8(12)10-5-4-7(11)6-10;1-17(13,14)12(7-5-3-2-4-6-7)18(15,16)8(9,10)11/h5H,6-7H2,1-4H3;4-6H2,1-3H3;2-6H,1H3. The number of ketones is 1. The van der Waals surface area contributed by atoms with Crippen molar-refractivity contribution < 1.29 is 53.9 Å². The number of hydrogen-bond acceptors (Lipinski definition) is 9. The molecule has 0 N–H and O–H groups in total. The first-order valence-corrected chi connectivity index (χ1v) is 16.5. The Morgan fingerprint density at radius 2 is 1.32 bits per heavy atom. The van der Waals surface area contributed by atoms with Crippen LogP contribution in [0.25, 0.3) is 0 Å². The summed E-state index contributed by atoms with van der Waals surface area (Å²) in [7, 11) is -10.6. The summed E-state index contributed by atoms with van der Waals surface area (Å²) in [5.41, 5.74) is -5.95. The molecule has 0 unspecified atom stereocenters. The Hall–Kier alpha value is -3.34. The molecule has 1 aromatic rings. The molecule has 0 aliphatic carbocycles. The fourth-order valence-corrected chi connectivity index (χ4v) is 6.20. The smallest absolute Gasteiger partial charge is 0.444 e. The van der Waals surface area contributed by atoms with E-state index in [0.717, 1.165) is 12.1 Å². The molecular weight excluding hydrogens is 631 g/mol. The molecule has 0 bridgehead atoms. The van der Waals surface area contributed by atoms with Crippen LogP contribution in [0.4, 0.5) is 28.4 Å². The van der Waals surface area contributed by atoms with Gasteiger partial charge in [0.05, 0.1) is 18.5 Å². The number of carbonyl (C=O) groups excluding carboxylic acids is 3. The second-order valence-corrected chi connectivity index (χ2v) is 15.7. The molecule has 3 rings (SSSR count). The zero-order chi connectivity index (χ0) is 34.3. The van der Waals surface area contributed by atoms with E-state index in [1.54, 1.807) is 4.90 Å². The molecule has 0 atom stereocenters. The molecule has 0 radical (unpaired) electrons. The second kappa shape index (κ2) is 14.6. The van der Waals surface area contributed by atoms with E-state index in [1.807, 2.05) is 54.5 Å². The number of benzene rings is 1. The molecule has 2 aliphatic rings. The lowest BCUT2D eigenvalue weighted by Gasteiger charge is -2.24. The summed E-state index contributed by atoms with van der Waals surface area (Å²) >= 11 is 0. The minimum Gasteiger partial charge on any atom is -0.444 e. The topological polar surface area (TPSA) is 148 Å². The maximum Gasteiger partial charge on any atom is 0.517 e. The molecule has 0 saturated carbocycles. The SMILES string of the molecule is CC(C)(C)OC(=O)N1CCC(=O)C1.CC1=CCN(C(=O)OC(C)(C)C)C1.CS(=O)(=O)N(c1ccccc1)S(=O)(=O)C(F)(F)F. The monoisotopic (exact) mass is 671 g/mol. The first-order valence-electron chi connectivity index (χ1n) is 13.2. The highest BCUT2D eigenvalue weighted by Crippen LogP contribution is 2.32. The summed E-state index contributed by atoms with van der Waals surface area (Å²) in [6.45, 7) is 15.2. The van der Waals surface area contributed by atoms with Gasteiger partial charge in [-0.25, -0.2) is 18.0 Å². The average Bonchev–Trinajstić information content (AvgIpc) is 3.45. The lowest BCUT2D eigenvalue weighted by molar-refractivity contribution is -0.117. The van der Waals surface area contributed by atoms with Gasteiger partial charge in [0.25, 0.3) is 0 Å². The maximum absolute atomic E-state index is 12.4. The fraction of sp³-hybridized carbons (Fsp3) is 0.593. The van der Waals surface area contributed by atoms with Crippen LogP contribution in [0.15, 0.2) is 42.0 Å². The van der Waals surface area contributed by atoms with Crippen molar-refractivity contribution in [1.29, 1.82) is 0 Å². The fourth-order valence-electron chi connectivity index (χ4n) is 3.43. The summed E-state index contributed by atoms with van der Waals surface area (Å²) in [5, 5.41) is 0. The second-order valence-electron chi connectivity index (χ2n) is 11.8. The summed E-state index contributed by atoms with van der Waals surface area (Å²) in [5.74, 6) is 0.103. The van der Waals surface area contributed by atoms with Gasteiger partial charge in [0.15, 0.2) is 5.78 Å². The van der Waals surface area contributed by atoms with Gasteiger partial charge in [-0.2, -0.15) is 25.3 Å². The van der Waals surface area contributed by atoms with Crippen molar-refractivity contribution in [3.05, 3.63) is 42.0 Å². The van der Waals surface area contributed by atoms with Crippen molar-refractivity contribution in [2.75, 3.05) is 36.1 Å². The zero-order valence-corrected chi connectivity index (χ0v) is 27.6. The lowest BCUT2D eigenvalue weighted by atomic mass is 10.2. The number of sulfonamides is 2. The normalized spacial score (nSPS) is 15.8. The van der Waals surface area contributed by atoms with Gasteiger partial charge < -0.3 is 19.3 Å². The molecule has 44 heavy (non-hydrogen) atoms. The molecular formula is C27H40F3N3O9S2. The molecule has 1 saturated heterocycles. The van der Waals surface area contributed by atoms with Gasteiger partial charge in [-0.1, -0.05) is 29.8 Å². The number of carbonyl (C=O) groups is 3. The quantitative estimate of drug-likeness (QED) is 0.418. The number of Topliss-reactive ketones (excluding diaryl/α,β-unsaturated/α-hetero) is 1. The van der Waals surface area contributed by atoms with Crippen LogP contribution in [0, 0.1) is 0 Å². The Morgan fingerprint density at radius 3 is 1.66 bits per heavy atom. The minimum absolute atomic E-state index is 0.103. The van der Waals surface area contributed by atoms with Gasteiger partial charge >= 0.3 is 27.7 Å². The summed E-state index contributed by atoms with van der Waals surface area (Å²) < 4.78 is 91.9. The van der Waals surface area contributed by atoms with Gasteiger partial charge in [0.2, 0.25) is 10.0 Å². The maximum atomic E-state index is 12.4. The van der Waals surface area contributed by atoms with Crippen LogP contribution in [-0.4, -0.2) is 93.8 Å². The van der Waals surface area contributed by atoms with Crippen molar-refractivity contribution in [3.8, 4) is 0 Å². The summed E-state index contributed by atoms with van der Waals surface area (Å²) in [4.78, 5) is 36.8. The third-order valence-corrected chi connectivity index (χ3v) is 8.66. The molecule has 1 aromatic carbocycles. The highest BCUT2D eigenvalue weighted by atomic mass is 32.3. The molecule has 1 fully saturated rings. The van der Waals surface area contributed by atoms with Crippen LogP contribution in [-0.2, 0) is 34.3 Å². The van der Waals surface area contributed by atoms with Crippen molar-refractivity contribution in [2.45, 2.75) is 71.6 Å². The van der Waals surface area contributed by atoms with Gasteiger partial charge in [0.1, 0.15) is 11.2 Å². The molecule has 0 spiro atoms. The van der Waals surface area contributed by atoms with E-state index in [4.69, 9.17) is 9.47 Å². The molecule has 250 valence electrons. The highest BCUT2D eigenvalue weighted by Gasteiger charge is 2.53. The van der Waals surface area contributed by atoms with Gasteiger partial charge in [-0.05, 0) is 60.6 Å². The predicted octanol–water partition coefficient (Wildman–Crippen LogP) is 4.68. The first-order chi connectivity index (χ1) is 19.7. The average molecular weight is 672 g/mol.